The Morgan fingerprint density at radius 2 is 1.76 bits per heavy atom. The zero-order valence-electron chi connectivity index (χ0n) is 9.01. The van der Waals surface area contributed by atoms with Crippen LogP contribution in [0.15, 0.2) is 48.7 Å². The van der Waals surface area contributed by atoms with Gasteiger partial charge in [-0.15, -0.1) is 0 Å². The van der Waals surface area contributed by atoms with Gasteiger partial charge in [0, 0.05) is 17.1 Å². The number of H-pyrrole nitrogens is 1. The van der Waals surface area contributed by atoms with Crippen LogP contribution in [0.5, 0.6) is 5.75 Å². The summed E-state index contributed by atoms with van der Waals surface area (Å²) in [5.74, 6) is 0.259. The molecule has 3 aromatic rings. The van der Waals surface area contributed by atoms with E-state index in [0.29, 0.717) is 5.69 Å². The number of hydrogen-bond donors (Lipinski definition) is 2. The molecule has 4 N–H and O–H groups in total. The average Bonchev–Trinajstić information content (AvgIpc) is 2.69. The van der Waals surface area contributed by atoms with Gasteiger partial charge in [0.25, 0.3) is 0 Å². The molecule has 0 saturated carbocycles. The van der Waals surface area contributed by atoms with Crippen molar-refractivity contribution in [1.29, 1.82) is 0 Å². The van der Waals surface area contributed by atoms with Crippen LogP contribution in [0, 0.1) is 0 Å². The smallest absolute Gasteiger partial charge is 0.150 e. The summed E-state index contributed by atoms with van der Waals surface area (Å²) in [5.41, 5.74) is 2.33. The van der Waals surface area contributed by atoms with Crippen molar-refractivity contribution in [2.24, 2.45) is 0 Å². The molecular weight excluding hydrogens is 216 g/mol. The second-order valence-corrected chi connectivity index (χ2v) is 3.61. The van der Waals surface area contributed by atoms with E-state index in [9.17, 15) is 5.11 Å². The topological polar surface area (TPSA) is 80.4 Å². The van der Waals surface area contributed by atoms with E-state index in [0.717, 1.165) is 16.6 Å². The molecule has 2 heterocycles. The summed E-state index contributed by atoms with van der Waals surface area (Å²) in [6.07, 6.45) is 1.71. The third-order valence-electron chi connectivity index (χ3n) is 2.60. The minimum absolute atomic E-state index is 0. The number of fused-ring (bicyclic) bond motifs is 1. The van der Waals surface area contributed by atoms with Crippen LogP contribution in [0.25, 0.3) is 22.3 Å². The quantitative estimate of drug-likeness (QED) is 0.668. The van der Waals surface area contributed by atoms with Gasteiger partial charge in [-0.05, 0) is 24.3 Å². The molecule has 0 fully saturated rings. The van der Waals surface area contributed by atoms with Crippen molar-refractivity contribution >= 4 is 10.9 Å². The van der Waals surface area contributed by atoms with Gasteiger partial charge < -0.3 is 15.6 Å². The minimum Gasteiger partial charge on any atom is -0.505 e. The van der Waals surface area contributed by atoms with Crippen molar-refractivity contribution in [1.82, 2.24) is 9.97 Å². The molecule has 0 atom stereocenters. The average molecular weight is 228 g/mol. The molecule has 0 aliphatic heterocycles. The van der Waals surface area contributed by atoms with E-state index in [2.05, 4.69) is 9.97 Å². The molecule has 0 amide bonds. The summed E-state index contributed by atoms with van der Waals surface area (Å²) in [5, 5.41) is 10.9. The maximum Gasteiger partial charge on any atom is 0.150 e. The number of nitrogens with zero attached hydrogens (tertiary/aromatic N) is 1. The molecule has 0 aliphatic rings. The van der Waals surface area contributed by atoms with E-state index in [1.54, 1.807) is 6.20 Å². The van der Waals surface area contributed by atoms with Crippen LogP contribution in [-0.2, 0) is 0 Å². The van der Waals surface area contributed by atoms with Gasteiger partial charge in [-0.2, -0.15) is 0 Å². The lowest BCUT2D eigenvalue weighted by Gasteiger charge is -1.96. The summed E-state index contributed by atoms with van der Waals surface area (Å²) in [6, 6.07) is 13.3. The number of aromatic amines is 1. The summed E-state index contributed by atoms with van der Waals surface area (Å²) in [4.78, 5) is 7.38. The highest BCUT2D eigenvalue weighted by molar-refractivity contribution is 5.93. The van der Waals surface area contributed by atoms with Gasteiger partial charge in [0.05, 0.1) is 5.69 Å². The Balaban J connectivity index is 0.00000108. The summed E-state index contributed by atoms with van der Waals surface area (Å²) < 4.78 is 0. The SMILES string of the molecule is O.Oc1c(-c2ccccn2)[nH]c2ccccc12. The first-order chi connectivity index (χ1) is 7.86. The molecule has 0 saturated heterocycles. The van der Waals surface area contributed by atoms with Crippen LogP contribution in [0.3, 0.4) is 0 Å². The van der Waals surface area contributed by atoms with Gasteiger partial charge in [-0.3, -0.25) is 4.98 Å². The van der Waals surface area contributed by atoms with E-state index in [-0.39, 0.29) is 11.2 Å². The van der Waals surface area contributed by atoms with Crippen LogP contribution in [-0.4, -0.2) is 20.6 Å². The van der Waals surface area contributed by atoms with Gasteiger partial charge in [0.15, 0.2) is 5.75 Å². The van der Waals surface area contributed by atoms with E-state index in [4.69, 9.17) is 0 Å². The lowest BCUT2D eigenvalue weighted by atomic mass is 10.2. The van der Waals surface area contributed by atoms with E-state index in [1.807, 2.05) is 42.5 Å². The molecule has 1 aromatic carbocycles. The second-order valence-electron chi connectivity index (χ2n) is 3.61. The molecule has 2 aromatic heterocycles. The highest BCUT2D eigenvalue weighted by Crippen LogP contribution is 2.34. The highest BCUT2D eigenvalue weighted by Gasteiger charge is 2.11. The first kappa shape index (κ1) is 11.2. The standard InChI is InChI=1S/C13H10N2O.H2O/c16-13-9-5-1-2-6-10(9)15-12(13)11-7-3-4-8-14-11;/h1-8,15-16H;1H2. The fraction of sp³-hybridized carbons (Fsp3) is 0. The van der Waals surface area contributed by atoms with Crippen molar-refractivity contribution in [3.05, 3.63) is 48.7 Å². The zero-order valence-corrected chi connectivity index (χ0v) is 9.01. The lowest BCUT2D eigenvalue weighted by Crippen LogP contribution is -1.81. The number of benzene rings is 1. The molecule has 4 heteroatoms. The number of aromatic nitrogens is 2. The molecule has 86 valence electrons. The third kappa shape index (κ3) is 1.74. The normalized spacial score (nSPS) is 10.1. The molecule has 0 aliphatic carbocycles. The molecule has 0 bridgehead atoms. The van der Waals surface area contributed by atoms with Crippen LogP contribution in [0.4, 0.5) is 0 Å². The third-order valence-corrected chi connectivity index (χ3v) is 2.60. The first-order valence-electron chi connectivity index (χ1n) is 5.07. The summed E-state index contributed by atoms with van der Waals surface area (Å²) >= 11 is 0. The summed E-state index contributed by atoms with van der Waals surface area (Å²) in [6.45, 7) is 0. The molecule has 17 heavy (non-hydrogen) atoms. The Kier molecular flexibility index (Phi) is 2.80. The van der Waals surface area contributed by atoms with E-state index < -0.39 is 0 Å². The van der Waals surface area contributed by atoms with Gasteiger partial charge in [-0.25, -0.2) is 0 Å². The predicted molar refractivity (Wildman–Crippen MR) is 66.8 cm³/mol. The first-order valence-corrected chi connectivity index (χ1v) is 5.07. The Hall–Kier alpha value is -2.33. The van der Waals surface area contributed by atoms with Gasteiger partial charge >= 0.3 is 0 Å². The number of pyridine rings is 1. The van der Waals surface area contributed by atoms with Crippen LogP contribution >= 0.6 is 0 Å². The second kappa shape index (κ2) is 4.27. The number of para-hydroxylation sites is 1. The molecular formula is C13H12N2O2. The zero-order chi connectivity index (χ0) is 11.0. The van der Waals surface area contributed by atoms with Crippen molar-refractivity contribution in [2.75, 3.05) is 0 Å². The minimum atomic E-state index is 0. The van der Waals surface area contributed by atoms with Crippen molar-refractivity contribution in [3.8, 4) is 17.1 Å². The largest absolute Gasteiger partial charge is 0.505 e. The van der Waals surface area contributed by atoms with Gasteiger partial charge in [0.1, 0.15) is 5.69 Å². The number of nitrogens with one attached hydrogen (secondary N) is 1. The number of hydrogen-bond acceptors (Lipinski definition) is 2. The molecule has 3 rings (SSSR count). The Morgan fingerprint density at radius 1 is 1.00 bits per heavy atom. The van der Waals surface area contributed by atoms with Crippen molar-refractivity contribution < 1.29 is 10.6 Å². The Bertz CT molecular complexity index is 632. The van der Waals surface area contributed by atoms with Gasteiger partial charge in [-0.1, -0.05) is 18.2 Å². The molecule has 4 nitrogen and oxygen atoms in total. The molecule has 0 spiro atoms. The monoisotopic (exact) mass is 228 g/mol. The van der Waals surface area contributed by atoms with E-state index in [1.165, 1.54) is 0 Å². The maximum atomic E-state index is 10.1. The number of rotatable bonds is 1. The number of aromatic hydroxyl groups is 1. The Labute approximate surface area is 97.9 Å². The Morgan fingerprint density at radius 3 is 2.47 bits per heavy atom. The lowest BCUT2D eigenvalue weighted by molar-refractivity contribution is 0.483. The fourth-order valence-corrected chi connectivity index (χ4v) is 1.82. The fourth-order valence-electron chi connectivity index (χ4n) is 1.82. The molecule has 0 unspecified atom stereocenters. The van der Waals surface area contributed by atoms with Crippen LogP contribution in [0.2, 0.25) is 0 Å². The maximum absolute atomic E-state index is 10.1. The summed E-state index contributed by atoms with van der Waals surface area (Å²) in [7, 11) is 0. The predicted octanol–water partition coefficient (Wildman–Crippen LogP) is 2.11. The van der Waals surface area contributed by atoms with Gasteiger partial charge in [0.2, 0.25) is 0 Å². The van der Waals surface area contributed by atoms with Crippen LogP contribution < -0.4 is 0 Å². The van der Waals surface area contributed by atoms with Crippen molar-refractivity contribution in [3.63, 3.8) is 0 Å². The highest BCUT2D eigenvalue weighted by atomic mass is 16.3. The van der Waals surface area contributed by atoms with Crippen LogP contribution in [0.1, 0.15) is 0 Å². The van der Waals surface area contributed by atoms with E-state index >= 15 is 0 Å². The molecule has 0 radical (unpaired) electrons. The van der Waals surface area contributed by atoms with Crippen molar-refractivity contribution in [2.45, 2.75) is 0 Å².